The Bertz CT molecular complexity index is 990. The summed E-state index contributed by atoms with van der Waals surface area (Å²) >= 11 is 0. The molecule has 0 saturated heterocycles. The molecular weight excluding hydrogens is 316 g/mol. The second-order valence-electron chi connectivity index (χ2n) is 7.92. The van der Waals surface area contributed by atoms with Gasteiger partial charge in [0.25, 0.3) is 0 Å². The van der Waals surface area contributed by atoms with Gasteiger partial charge in [-0.2, -0.15) is 9.13 Å². The summed E-state index contributed by atoms with van der Waals surface area (Å²) in [7, 11) is 0. The van der Waals surface area contributed by atoms with Crippen LogP contribution >= 0.6 is 0 Å². The van der Waals surface area contributed by atoms with Crippen LogP contribution in [0, 0.1) is 27.7 Å². The van der Waals surface area contributed by atoms with Crippen molar-refractivity contribution < 1.29 is 9.13 Å². The zero-order valence-electron chi connectivity index (χ0n) is 16.2. The fourth-order valence-corrected chi connectivity index (χ4v) is 5.14. The molecule has 2 aliphatic heterocycles. The summed E-state index contributed by atoms with van der Waals surface area (Å²) in [6.45, 7) is 11.4. The van der Waals surface area contributed by atoms with Gasteiger partial charge in [-0.3, -0.25) is 0 Å². The maximum Gasteiger partial charge on any atom is 0.216 e. The molecule has 0 fully saturated rings. The smallest absolute Gasteiger partial charge is 0.198 e. The molecule has 4 heterocycles. The molecule has 0 N–H and O–H groups in total. The SMILES string of the molecule is Cc1ccc[n+]2c1-c1c(c(C)c(C)c3c1-c1c(C)ccc[n+]1CC3)CC2. The molecule has 2 heteroatoms. The summed E-state index contributed by atoms with van der Waals surface area (Å²) in [4.78, 5) is 0. The van der Waals surface area contributed by atoms with E-state index in [4.69, 9.17) is 0 Å². The molecular formula is C24H26N2+2. The van der Waals surface area contributed by atoms with Crippen molar-refractivity contribution in [1.29, 1.82) is 0 Å². The third-order valence-electron chi connectivity index (χ3n) is 6.55. The van der Waals surface area contributed by atoms with Crippen LogP contribution in [0.25, 0.3) is 22.5 Å². The molecule has 2 aromatic heterocycles. The van der Waals surface area contributed by atoms with Gasteiger partial charge in [0.05, 0.1) is 11.1 Å². The Balaban J connectivity index is 1.99. The molecule has 2 nitrogen and oxygen atoms in total. The second kappa shape index (κ2) is 5.51. The first-order valence-corrected chi connectivity index (χ1v) is 9.71. The van der Waals surface area contributed by atoms with Crippen LogP contribution in [0.4, 0.5) is 0 Å². The second-order valence-corrected chi connectivity index (χ2v) is 7.92. The molecule has 0 spiro atoms. The van der Waals surface area contributed by atoms with Gasteiger partial charge >= 0.3 is 0 Å². The number of nitrogens with zero attached hydrogens (tertiary/aromatic N) is 2. The van der Waals surface area contributed by atoms with Gasteiger partial charge in [0.15, 0.2) is 25.5 Å². The molecule has 0 saturated carbocycles. The molecule has 0 aliphatic carbocycles. The molecule has 0 amide bonds. The summed E-state index contributed by atoms with van der Waals surface area (Å²) in [5.74, 6) is 0. The molecule has 1 aromatic carbocycles. The Labute approximate surface area is 155 Å². The van der Waals surface area contributed by atoms with Crippen LogP contribution in [0.2, 0.25) is 0 Å². The van der Waals surface area contributed by atoms with E-state index in [1.807, 2.05) is 0 Å². The zero-order valence-corrected chi connectivity index (χ0v) is 16.2. The highest BCUT2D eigenvalue weighted by atomic mass is 15.0. The lowest BCUT2D eigenvalue weighted by molar-refractivity contribution is -0.689. The van der Waals surface area contributed by atoms with Crippen LogP contribution in [0.1, 0.15) is 33.4 Å². The lowest BCUT2D eigenvalue weighted by Gasteiger charge is -2.27. The van der Waals surface area contributed by atoms with E-state index in [2.05, 4.69) is 73.5 Å². The van der Waals surface area contributed by atoms with Gasteiger partial charge < -0.3 is 0 Å². The van der Waals surface area contributed by atoms with Crippen LogP contribution in [-0.4, -0.2) is 0 Å². The number of pyridine rings is 2. The monoisotopic (exact) mass is 342 g/mol. The van der Waals surface area contributed by atoms with Gasteiger partial charge in [-0.15, -0.1) is 0 Å². The van der Waals surface area contributed by atoms with Crippen LogP contribution in [-0.2, 0) is 25.9 Å². The van der Waals surface area contributed by atoms with Crippen molar-refractivity contribution >= 4 is 0 Å². The van der Waals surface area contributed by atoms with Gasteiger partial charge in [0, 0.05) is 36.1 Å². The van der Waals surface area contributed by atoms with E-state index < -0.39 is 0 Å². The van der Waals surface area contributed by atoms with E-state index in [0.717, 1.165) is 25.9 Å². The molecule has 26 heavy (non-hydrogen) atoms. The average Bonchev–Trinajstić information content (AvgIpc) is 2.65. The van der Waals surface area contributed by atoms with E-state index >= 15 is 0 Å². The first kappa shape index (κ1) is 15.7. The minimum atomic E-state index is 1.08. The van der Waals surface area contributed by atoms with Crippen molar-refractivity contribution in [3.63, 3.8) is 0 Å². The van der Waals surface area contributed by atoms with Gasteiger partial charge in [-0.05, 0) is 62.1 Å². The zero-order chi connectivity index (χ0) is 18.0. The van der Waals surface area contributed by atoms with Crippen LogP contribution in [0.15, 0.2) is 36.7 Å². The maximum absolute atomic E-state index is 2.46. The van der Waals surface area contributed by atoms with Crippen LogP contribution in [0.5, 0.6) is 0 Å². The summed E-state index contributed by atoms with van der Waals surface area (Å²) in [5, 5.41) is 0. The summed E-state index contributed by atoms with van der Waals surface area (Å²) in [6, 6.07) is 8.89. The van der Waals surface area contributed by atoms with Gasteiger partial charge in [-0.1, -0.05) is 0 Å². The summed E-state index contributed by atoms with van der Waals surface area (Å²) < 4.78 is 4.92. The Morgan fingerprint density at radius 1 is 0.654 bits per heavy atom. The minimum absolute atomic E-state index is 1.08. The highest BCUT2D eigenvalue weighted by molar-refractivity contribution is 5.88. The number of hydrogen-bond donors (Lipinski definition) is 0. The predicted molar refractivity (Wildman–Crippen MR) is 104 cm³/mol. The minimum Gasteiger partial charge on any atom is -0.198 e. The lowest BCUT2D eigenvalue weighted by atomic mass is 9.78. The molecule has 2 aliphatic rings. The molecule has 3 aromatic rings. The Hall–Kier alpha value is -2.48. The first-order chi connectivity index (χ1) is 12.6. The number of fused-ring (bicyclic) bond motifs is 7. The van der Waals surface area contributed by atoms with E-state index in [-0.39, 0.29) is 0 Å². The number of rotatable bonds is 0. The lowest BCUT2D eigenvalue weighted by Crippen LogP contribution is -2.44. The Morgan fingerprint density at radius 3 is 1.50 bits per heavy atom. The first-order valence-electron chi connectivity index (χ1n) is 9.71. The van der Waals surface area contributed by atoms with Crippen molar-refractivity contribution in [2.75, 3.05) is 0 Å². The van der Waals surface area contributed by atoms with Gasteiger partial charge in [-0.25, -0.2) is 0 Å². The third kappa shape index (κ3) is 1.99. The number of aromatic nitrogens is 2. The van der Waals surface area contributed by atoms with Crippen molar-refractivity contribution in [2.24, 2.45) is 0 Å². The summed E-state index contributed by atoms with van der Waals surface area (Å²) in [6.07, 6.45) is 6.76. The van der Waals surface area contributed by atoms with Crippen LogP contribution in [0.3, 0.4) is 0 Å². The predicted octanol–water partition coefficient (Wildman–Crippen LogP) is 3.94. The molecule has 0 atom stereocenters. The quantitative estimate of drug-likeness (QED) is 0.547. The fraction of sp³-hybridized carbons (Fsp3) is 0.333. The molecule has 130 valence electrons. The maximum atomic E-state index is 2.46. The van der Waals surface area contributed by atoms with Crippen molar-refractivity contribution in [1.82, 2.24) is 0 Å². The van der Waals surface area contributed by atoms with Gasteiger partial charge in [0.2, 0.25) is 11.4 Å². The highest BCUT2D eigenvalue weighted by Crippen LogP contribution is 2.44. The van der Waals surface area contributed by atoms with E-state index in [0.29, 0.717) is 0 Å². The largest absolute Gasteiger partial charge is 0.216 e. The number of hydrogen-bond acceptors (Lipinski definition) is 0. The molecule has 0 radical (unpaired) electrons. The number of aryl methyl sites for hydroxylation is 4. The van der Waals surface area contributed by atoms with Crippen LogP contribution < -0.4 is 9.13 Å². The van der Waals surface area contributed by atoms with Crippen molar-refractivity contribution in [2.45, 2.75) is 53.6 Å². The topological polar surface area (TPSA) is 7.76 Å². The normalized spacial score (nSPS) is 14.3. The molecule has 0 bridgehead atoms. The van der Waals surface area contributed by atoms with E-state index in [9.17, 15) is 0 Å². The molecule has 0 unspecified atom stereocenters. The summed E-state index contributed by atoms with van der Waals surface area (Å²) in [5.41, 5.74) is 14.7. The average molecular weight is 342 g/mol. The molecule has 5 rings (SSSR count). The fourth-order valence-electron chi connectivity index (χ4n) is 5.14. The van der Waals surface area contributed by atoms with Crippen molar-refractivity contribution in [3.8, 4) is 22.5 Å². The van der Waals surface area contributed by atoms with E-state index in [1.54, 1.807) is 11.1 Å². The Morgan fingerprint density at radius 2 is 1.08 bits per heavy atom. The Kier molecular flexibility index (Phi) is 3.34. The highest BCUT2D eigenvalue weighted by Gasteiger charge is 2.37. The van der Waals surface area contributed by atoms with E-state index in [1.165, 1.54) is 44.8 Å². The standard InChI is InChI=1S/C24H26N2/c1-15-7-5-11-25-13-9-19-17(3)18(4)20-10-14-26-12-6-8-16(2)24(26)22(20)21(19)23(15)25/h5-8,11-12H,9-10,13-14H2,1-4H3/q+2. The van der Waals surface area contributed by atoms with Crippen molar-refractivity contribution in [3.05, 3.63) is 70.0 Å². The number of benzene rings is 1. The third-order valence-corrected chi connectivity index (χ3v) is 6.55. The van der Waals surface area contributed by atoms with Gasteiger partial charge in [0.1, 0.15) is 0 Å².